The average molecular weight is 265 g/mol. The molecule has 0 saturated heterocycles. The molecule has 1 unspecified atom stereocenters. The van der Waals surface area contributed by atoms with Crippen LogP contribution < -0.4 is 0 Å². The molecule has 0 aliphatic heterocycles. The van der Waals surface area contributed by atoms with E-state index >= 15 is 0 Å². The lowest BCUT2D eigenvalue weighted by molar-refractivity contribution is -0.0162. The molecule has 0 saturated carbocycles. The van der Waals surface area contributed by atoms with E-state index in [1.807, 2.05) is 48.7 Å². The Morgan fingerprint density at radius 3 is 2.35 bits per heavy atom. The first-order valence-electron chi connectivity index (χ1n) is 7.02. The van der Waals surface area contributed by atoms with Gasteiger partial charge in [-0.2, -0.15) is 0 Å². The average Bonchev–Trinajstić information content (AvgIpc) is 2.88. The van der Waals surface area contributed by atoms with E-state index in [1.54, 1.807) is 0 Å². The highest BCUT2D eigenvalue weighted by Gasteiger charge is 2.25. The Bertz CT molecular complexity index is 726. The number of benzene rings is 2. The van der Waals surface area contributed by atoms with Gasteiger partial charge < -0.3 is 9.67 Å². The number of aromatic nitrogens is 1. The van der Waals surface area contributed by atoms with Gasteiger partial charge in [-0.3, -0.25) is 0 Å². The fraction of sp³-hybridized carbons (Fsp3) is 0.222. The van der Waals surface area contributed by atoms with Crippen molar-refractivity contribution in [2.24, 2.45) is 0 Å². The Morgan fingerprint density at radius 1 is 1.00 bits per heavy atom. The summed E-state index contributed by atoms with van der Waals surface area (Å²) in [4.78, 5) is 0. The summed E-state index contributed by atoms with van der Waals surface area (Å²) in [6.07, 6.45) is 0.658. The number of rotatable bonds is 3. The first-order valence-corrected chi connectivity index (χ1v) is 7.02. The van der Waals surface area contributed by atoms with Crippen LogP contribution in [0.15, 0.2) is 60.7 Å². The first-order chi connectivity index (χ1) is 9.63. The Labute approximate surface area is 119 Å². The van der Waals surface area contributed by atoms with Crippen LogP contribution in [0.2, 0.25) is 0 Å². The quantitative estimate of drug-likeness (QED) is 0.746. The van der Waals surface area contributed by atoms with Crippen molar-refractivity contribution >= 4 is 10.9 Å². The molecule has 2 nitrogen and oxygen atoms in total. The van der Waals surface area contributed by atoms with Crippen LogP contribution in [0.5, 0.6) is 0 Å². The summed E-state index contributed by atoms with van der Waals surface area (Å²) in [5.41, 5.74) is 2.35. The number of hydrogen-bond donors (Lipinski definition) is 1. The predicted octanol–water partition coefficient (Wildman–Crippen LogP) is 4.38. The van der Waals surface area contributed by atoms with Crippen LogP contribution in [-0.2, 0) is 5.72 Å². The molecule has 1 atom stereocenters. The molecule has 102 valence electrons. The summed E-state index contributed by atoms with van der Waals surface area (Å²) in [7, 11) is 0. The maximum atomic E-state index is 10.8. The van der Waals surface area contributed by atoms with Crippen LogP contribution in [0.3, 0.4) is 0 Å². The molecule has 2 heteroatoms. The van der Waals surface area contributed by atoms with E-state index < -0.39 is 5.72 Å². The van der Waals surface area contributed by atoms with E-state index in [9.17, 15) is 5.11 Å². The third-order valence-corrected chi connectivity index (χ3v) is 3.93. The first kappa shape index (κ1) is 12.9. The fourth-order valence-corrected chi connectivity index (χ4v) is 2.65. The molecule has 1 N–H and O–H groups in total. The second kappa shape index (κ2) is 4.80. The summed E-state index contributed by atoms with van der Waals surface area (Å²) in [5.74, 6) is 0. The highest BCUT2D eigenvalue weighted by molar-refractivity contribution is 5.87. The van der Waals surface area contributed by atoms with E-state index in [-0.39, 0.29) is 0 Å². The van der Waals surface area contributed by atoms with Gasteiger partial charge in [-0.25, -0.2) is 0 Å². The molecule has 0 amide bonds. The molecule has 0 aliphatic rings. The molecule has 1 aromatic heterocycles. The Kier molecular flexibility index (Phi) is 3.11. The molecule has 3 aromatic rings. The van der Waals surface area contributed by atoms with Crippen LogP contribution in [0.25, 0.3) is 22.2 Å². The number of fused-ring (bicyclic) bond motifs is 1. The Hall–Kier alpha value is -2.06. The van der Waals surface area contributed by atoms with Gasteiger partial charge in [0.05, 0.1) is 11.2 Å². The normalized spacial score (nSPS) is 14.3. The number of hydrogen-bond acceptors (Lipinski definition) is 1. The van der Waals surface area contributed by atoms with Crippen LogP contribution >= 0.6 is 0 Å². The van der Waals surface area contributed by atoms with Gasteiger partial charge in [0.1, 0.15) is 5.72 Å². The number of aliphatic hydroxyl groups is 1. The highest BCUT2D eigenvalue weighted by atomic mass is 16.3. The highest BCUT2D eigenvalue weighted by Crippen LogP contribution is 2.34. The lowest BCUT2D eigenvalue weighted by Gasteiger charge is -2.27. The number of nitrogens with zero attached hydrogens (tertiary/aromatic N) is 1. The molecule has 0 aliphatic carbocycles. The van der Waals surface area contributed by atoms with Crippen molar-refractivity contribution < 1.29 is 5.11 Å². The van der Waals surface area contributed by atoms with Gasteiger partial charge in [-0.1, -0.05) is 55.5 Å². The zero-order valence-electron chi connectivity index (χ0n) is 11.9. The van der Waals surface area contributed by atoms with Crippen LogP contribution in [0, 0.1) is 0 Å². The molecule has 0 fully saturated rings. The van der Waals surface area contributed by atoms with Crippen molar-refractivity contribution in [1.29, 1.82) is 0 Å². The van der Waals surface area contributed by atoms with Gasteiger partial charge in [-0.05, 0) is 31.0 Å². The van der Waals surface area contributed by atoms with Crippen molar-refractivity contribution in [2.75, 3.05) is 0 Å². The largest absolute Gasteiger partial charge is 0.371 e. The molecule has 1 heterocycles. The van der Waals surface area contributed by atoms with Crippen molar-refractivity contribution in [1.82, 2.24) is 4.57 Å². The van der Waals surface area contributed by atoms with Crippen molar-refractivity contribution in [2.45, 2.75) is 26.0 Å². The third kappa shape index (κ3) is 2.02. The van der Waals surface area contributed by atoms with Crippen molar-refractivity contribution in [3.63, 3.8) is 0 Å². The summed E-state index contributed by atoms with van der Waals surface area (Å²) in [6.45, 7) is 3.87. The standard InChI is InChI=1S/C18H19NO/c1-3-18(2,20)19-16-12-8-7-11-15(16)13-17(19)14-9-5-4-6-10-14/h4-13,20H,3H2,1-2H3. The van der Waals surface area contributed by atoms with E-state index in [0.29, 0.717) is 6.42 Å². The molecular weight excluding hydrogens is 246 g/mol. The van der Waals surface area contributed by atoms with E-state index in [2.05, 4.69) is 30.3 Å². The maximum absolute atomic E-state index is 10.8. The van der Waals surface area contributed by atoms with E-state index in [0.717, 1.165) is 22.2 Å². The molecule has 20 heavy (non-hydrogen) atoms. The Balaban J connectivity index is 2.34. The van der Waals surface area contributed by atoms with Crippen molar-refractivity contribution in [3.8, 4) is 11.3 Å². The topological polar surface area (TPSA) is 25.2 Å². The summed E-state index contributed by atoms with van der Waals surface area (Å²) >= 11 is 0. The molecule has 0 radical (unpaired) electrons. The second-order valence-electron chi connectivity index (χ2n) is 5.36. The van der Waals surface area contributed by atoms with Crippen molar-refractivity contribution in [3.05, 3.63) is 60.7 Å². The smallest absolute Gasteiger partial charge is 0.139 e. The van der Waals surface area contributed by atoms with Crippen LogP contribution in [0.1, 0.15) is 20.3 Å². The minimum Gasteiger partial charge on any atom is -0.371 e. The zero-order chi connectivity index (χ0) is 14.2. The van der Waals surface area contributed by atoms with Gasteiger partial charge in [0.15, 0.2) is 0 Å². The molecule has 0 bridgehead atoms. The lowest BCUT2D eigenvalue weighted by atomic mass is 10.1. The zero-order valence-corrected chi connectivity index (χ0v) is 11.9. The van der Waals surface area contributed by atoms with Gasteiger partial charge in [0.25, 0.3) is 0 Å². The monoisotopic (exact) mass is 265 g/mol. The fourth-order valence-electron chi connectivity index (χ4n) is 2.65. The molecule has 3 rings (SSSR count). The third-order valence-electron chi connectivity index (χ3n) is 3.93. The number of para-hydroxylation sites is 1. The SMILES string of the molecule is CCC(C)(O)n1c(-c2ccccc2)cc2ccccc21. The van der Waals surface area contributed by atoms with Gasteiger partial charge >= 0.3 is 0 Å². The molecule has 0 spiro atoms. The maximum Gasteiger partial charge on any atom is 0.139 e. The van der Waals surface area contributed by atoms with Gasteiger partial charge in [0.2, 0.25) is 0 Å². The lowest BCUT2D eigenvalue weighted by Crippen LogP contribution is -2.29. The Morgan fingerprint density at radius 2 is 1.65 bits per heavy atom. The van der Waals surface area contributed by atoms with Crippen LogP contribution in [-0.4, -0.2) is 9.67 Å². The van der Waals surface area contributed by atoms with E-state index in [4.69, 9.17) is 0 Å². The summed E-state index contributed by atoms with van der Waals surface area (Å²) in [5, 5.41) is 11.9. The minimum absolute atomic E-state index is 0.658. The summed E-state index contributed by atoms with van der Waals surface area (Å²) in [6, 6.07) is 20.6. The summed E-state index contributed by atoms with van der Waals surface area (Å²) < 4.78 is 2.04. The molecule has 2 aromatic carbocycles. The van der Waals surface area contributed by atoms with Gasteiger partial charge in [-0.15, -0.1) is 0 Å². The second-order valence-corrected chi connectivity index (χ2v) is 5.36. The molecular formula is C18H19NO. The van der Waals surface area contributed by atoms with Crippen LogP contribution in [0.4, 0.5) is 0 Å². The predicted molar refractivity (Wildman–Crippen MR) is 83.5 cm³/mol. The van der Waals surface area contributed by atoms with E-state index in [1.165, 1.54) is 0 Å². The van der Waals surface area contributed by atoms with Gasteiger partial charge in [0, 0.05) is 5.39 Å². The minimum atomic E-state index is -0.895.